The first-order chi connectivity index (χ1) is 5.77. The average molecular weight is 274 g/mol. The molecule has 0 radical (unpaired) electrons. The van der Waals surface area contributed by atoms with Gasteiger partial charge in [0.25, 0.3) is 0 Å². The summed E-state index contributed by atoms with van der Waals surface area (Å²) in [7, 11) is 0. The third-order valence-electron chi connectivity index (χ3n) is 2.15. The van der Waals surface area contributed by atoms with Crippen molar-refractivity contribution in [3.05, 3.63) is 26.8 Å². The number of halogens is 1. The largest absolute Gasteiger partial charge is 0.493 e. The number of hydrogen-bond donors (Lipinski definition) is 0. The summed E-state index contributed by atoms with van der Waals surface area (Å²) in [4.78, 5) is 0. The molecule has 1 aromatic rings. The van der Waals surface area contributed by atoms with Crippen molar-refractivity contribution in [3.63, 3.8) is 0 Å². The van der Waals surface area contributed by atoms with Gasteiger partial charge in [-0.3, -0.25) is 0 Å². The Morgan fingerprint density at radius 2 is 2.25 bits per heavy atom. The zero-order valence-corrected chi connectivity index (χ0v) is 9.22. The van der Waals surface area contributed by atoms with E-state index in [4.69, 9.17) is 4.74 Å². The number of rotatable bonds is 0. The minimum Gasteiger partial charge on any atom is -0.493 e. The molecule has 0 N–H and O–H groups in total. The summed E-state index contributed by atoms with van der Waals surface area (Å²) in [6, 6.07) is 4.40. The third kappa shape index (κ3) is 1.44. The van der Waals surface area contributed by atoms with E-state index in [9.17, 15) is 0 Å². The zero-order chi connectivity index (χ0) is 8.55. The SMILES string of the molecule is Cc1cc(I)cc2c1OCCC2. The second kappa shape index (κ2) is 3.24. The average Bonchev–Trinajstić information content (AvgIpc) is 2.04. The van der Waals surface area contributed by atoms with E-state index < -0.39 is 0 Å². The summed E-state index contributed by atoms with van der Waals surface area (Å²) < 4.78 is 6.92. The molecular weight excluding hydrogens is 263 g/mol. The van der Waals surface area contributed by atoms with Crippen LogP contribution < -0.4 is 4.74 Å². The van der Waals surface area contributed by atoms with E-state index in [0.717, 1.165) is 18.8 Å². The first-order valence-corrected chi connectivity index (χ1v) is 5.27. The van der Waals surface area contributed by atoms with Crippen LogP contribution in [0.2, 0.25) is 0 Å². The topological polar surface area (TPSA) is 9.23 Å². The van der Waals surface area contributed by atoms with Gasteiger partial charge >= 0.3 is 0 Å². The van der Waals surface area contributed by atoms with Crippen LogP contribution in [-0.2, 0) is 6.42 Å². The second-order valence-electron chi connectivity index (χ2n) is 3.16. The summed E-state index contributed by atoms with van der Waals surface area (Å²) in [6.45, 7) is 3.00. The van der Waals surface area contributed by atoms with Crippen molar-refractivity contribution in [2.24, 2.45) is 0 Å². The summed E-state index contributed by atoms with van der Waals surface area (Å²) in [5.74, 6) is 1.13. The van der Waals surface area contributed by atoms with Crippen LogP contribution in [-0.4, -0.2) is 6.61 Å². The maximum absolute atomic E-state index is 5.61. The van der Waals surface area contributed by atoms with Crippen LogP contribution in [0.15, 0.2) is 12.1 Å². The highest BCUT2D eigenvalue weighted by Gasteiger charge is 2.12. The van der Waals surface area contributed by atoms with Crippen molar-refractivity contribution < 1.29 is 4.74 Å². The van der Waals surface area contributed by atoms with Crippen molar-refractivity contribution in [2.45, 2.75) is 19.8 Å². The highest BCUT2D eigenvalue weighted by Crippen LogP contribution is 2.30. The molecule has 1 nitrogen and oxygen atoms in total. The van der Waals surface area contributed by atoms with Crippen LogP contribution in [0.3, 0.4) is 0 Å². The summed E-state index contributed by atoms with van der Waals surface area (Å²) >= 11 is 2.36. The van der Waals surface area contributed by atoms with Gasteiger partial charge in [0.1, 0.15) is 5.75 Å². The van der Waals surface area contributed by atoms with Crippen molar-refractivity contribution >= 4 is 22.6 Å². The molecule has 1 aliphatic rings. The fraction of sp³-hybridized carbons (Fsp3) is 0.400. The van der Waals surface area contributed by atoms with Gasteiger partial charge in [0, 0.05) is 3.57 Å². The lowest BCUT2D eigenvalue weighted by atomic mass is 10.0. The molecule has 0 aliphatic carbocycles. The predicted molar refractivity (Wildman–Crippen MR) is 57.7 cm³/mol. The van der Waals surface area contributed by atoms with Gasteiger partial charge in [0.2, 0.25) is 0 Å². The molecule has 0 saturated carbocycles. The van der Waals surface area contributed by atoms with E-state index in [1.54, 1.807) is 0 Å². The smallest absolute Gasteiger partial charge is 0.125 e. The van der Waals surface area contributed by atoms with Crippen molar-refractivity contribution in [1.29, 1.82) is 0 Å². The molecule has 2 heteroatoms. The van der Waals surface area contributed by atoms with Gasteiger partial charge in [0.15, 0.2) is 0 Å². The fourth-order valence-corrected chi connectivity index (χ4v) is 2.47. The highest BCUT2D eigenvalue weighted by molar-refractivity contribution is 14.1. The fourth-order valence-electron chi connectivity index (χ4n) is 1.63. The summed E-state index contributed by atoms with van der Waals surface area (Å²) in [5.41, 5.74) is 2.65. The molecule has 0 spiro atoms. The van der Waals surface area contributed by atoms with Crippen molar-refractivity contribution in [2.75, 3.05) is 6.61 Å². The Morgan fingerprint density at radius 1 is 1.42 bits per heavy atom. The maximum atomic E-state index is 5.61. The monoisotopic (exact) mass is 274 g/mol. The van der Waals surface area contributed by atoms with Gasteiger partial charge < -0.3 is 4.74 Å². The van der Waals surface area contributed by atoms with Gasteiger partial charge in [-0.15, -0.1) is 0 Å². The van der Waals surface area contributed by atoms with E-state index in [1.807, 2.05) is 0 Å². The molecule has 1 heterocycles. The minimum absolute atomic E-state index is 0.883. The summed E-state index contributed by atoms with van der Waals surface area (Å²) in [5, 5.41) is 0. The molecule has 1 aliphatic heterocycles. The van der Waals surface area contributed by atoms with Gasteiger partial charge in [-0.2, -0.15) is 0 Å². The highest BCUT2D eigenvalue weighted by atomic mass is 127. The Hall–Kier alpha value is -0.250. The van der Waals surface area contributed by atoms with Crippen LogP contribution in [0.25, 0.3) is 0 Å². The normalized spacial score (nSPS) is 15.2. The van der Waals surface area contributed by atoms with E-state index in [1.165, 1.54) is 21.1 Å². The number of fused-ring (bicyclic) bond motifs is 1. The number of aryl methyl sites for hydroxylation is 2. The van der Waals surface area contributed by atoms with Gasteiger partial charge in [-0.1, -0.05) is 0 Å². The molecule has 0 saturated heterocycles. The summed E-state index contributed by atoms with van der Waals surface area (Å²) in [6.07, 6.45) is 2.33. The third-order valence-corrected chi connectivity index (χ3v) is 2.78. The number of benzene rings is 1. The lowest BCUT2D eigenvalue weighted by molar-refractivity contribution is 0.286. The van der Waals surface area contributed by atoms with Crippen LogP contribution in [0.4, 0.5) is 0 Å². The molecule has 0 unspecified atom stereocenters. The number of ether oxygens (including phenoxy) is 1. The van der Waals surface area contributed by atoms with Gasteiger partial charge in [-0.05, 0) is 65.6 Å². The molecule has 0 amide bonds. The van der Waals surface area contributed by atoms with E-state index >= 15 is 0 Å². The Morgan fingerprint density at radius 3 is 3.08 bits per heavy atom. The predicted octanol–water partition coefficient (Wildman–Crippen LogP) is 2.92. The van der Waals surface area contributed by atoms with Crippen LogP contribution in [0.5, 0.6) is 5.75 Å². The first-order valence-electron chi connectivity index (χ1n) is 4.19. The molecule has 0 fully saturated rings. The van der Waals surface area contributed by atoms with Crippen LogP contribution >= 0.6 is 22.6 Å². The molecule has 1 aromatic carbocycles. The second-order valence-corrected chi connectivity index (χ2v) is 4.41. The van der Waals surface area contributed by atoms with E-state index in [-0.39, 0.29) is 0 Å². The van der Waals surface area contributed by atoms with Crippen LogP contribution in [0.1, 0.15) is 17.5 Å². The Bertz CT molecular complexity index is 307. The molecule has 12 heavy (non-hydrogen) atoms. The van der Waals surface area contributed by atoms with Crippen molar-refractivity contribution in [3.8, 4) is 5.75 Å². The van der Waals surface area contributed by atoms with Crippen molar-refractivity contribution in [1.82, 2.24) is 0 Å². The van der Waals surface area contributed by atoms with Gasteiger partial charge in [0.05, 0.1) is 6.61 Å². The number of hydrogen-bond acceptors (Lipinski definition) is 1. The lowest BCUT2D eigenvalue weighted by Crippen LogP contribution is -2.09. The van der Waals surface area contributed by atoms with E-state index in [0.29, 0.717) is 0 Å². The molecule has 0 aromatic heterocycles. The zero-order valence-electron chi connectivity index (χ0n) is 7.06. The lowest BCUT2D eigenvalue weighted by Gasteiger charge is -2.19. The van der Waals surface area contributed by atoms with Gasteiger partial charge in [-0.25, -0.2) is 0 Å². The standard InChI is InChI=1S/C10H11IO/c1-7-5-9(11)6-8-3-2-4-12-10(7)8/h5-6H,2-4H2,1H3. The quantitative estimate of drug-likeness (QED) is 0.661. The first kappa shape index (κ1) is 8.35. The van der Waals surface area contributed by atoms with Crippen LogP contribution in [0, 0.1) is 10.5 Å². The molecule has 2 rings (SSSR count). The minimum atomic E-state index is 0.883. The Kier molecular flexibility index (Phi) is 2.26. The maximum Gasteiger partial charge on any atom is 0.125 e. The molecule has 0 bridgehead atoms. The molecule has 0 atom stereocenters. The molecular formula is C10H11IO. The van der Waals surface area contributed by atoms with E-state index in [2.05, 4.69) is 41.6 Å². The Balaban J connectivity index is 2.53. The molecule has 64 valence electrons. The Labute approximate surface area is 86.3 Å².